The van der Waals surface area contributed by atoms with E-state index in [-0.39, 0.29) is 0 Å². The largest absolute Gasteiger partial charge is 0.122 e. The van der Waals surface area contributed by atoms with E-state index >= 15 is 0 Å². The van der Waals surface area contributed by atoms with Gasteiger partial charge in [0.2, 0.25) is 0 Å². The molecule has 0 nitrogen and oxygen atoms in total. The highest BCUT2D eigenvalue weighted by molar-refractivity contribution is 6.17. The van der Waals surface area contributed by atoms with Crippen LogP contribution in [-0.2, 0) is 5.88 Å². The van der Waals surface area contributed by atoms with Crippen molar-refractivity contribution < 1.29 is 0 Å². The van der Waals surface area contributed by atoms with Crippen molar-refractivity contribution in [3.05, 3.63) is 47.0 Å². The maximum absolute atomic E-state index is 6.15. The van der Waals surface area contributed by atoms with E-state index in [1.54, 1.807) is 0 Å². The molecule has 2 aromatic rings. The van der Waals surface area contributed by atoms with Gasteiger partial charge in [0.25, 0.3) is 0 Å². The lowest BCUT2D eigenvalue weighted by Gasteiger charge is -2.22. The van der Waals surface area contributed by atoms with Gasteiger partial charge in [-0.2, -0.15) is 0 Å². The summed E-state index contributed by atoms with van der Waals surface area (Å²) in [7, 11) is 0. The minimum Gasteiger partial charge on any atom is -0.122 e. The van der Waals surface area contributed by atoms with E-state index in [0.29, 0.717) is 17.7 Å². The molecule has 18 heavy (non-hydrogen) atoms. The number of halogens is 1. The summed E-state index contributed by atoms with van der Waals surface area (Å²) in [4.78, 5) is 0. The van der Waals surface area contributed by atoms with Crippen LogP contribution in [0.2, 0.25) is 0 Å². The number of alkyl halides is 1. The third kappa shape index (κ3) is 2.27. The van der Waals surface area contributed by atoms with Crippen LogP contribution < -0.4 is 0 Å². The summed E-state index contributed by atoms with van der Waals surface area (Å²) < 4.78 is 0. The topological polar surface area (TPSA) is 0 Å². The summed E-state index contributed by atoms with van der Waals surface area (Å²) in [6.07, 6.45) is 0. The fourth-order valence-corrected chi connectivity index (χ4v) is 3.09. The Balaban J connectivity index is 2.89. The number of benzene rings is 2. The molecule has 0 radical (unpaired) electrons. The minimum absolute atomic E-state index is 0.515. The Hall–Kier alpha value is -1.01. The van der Waals surface area contributed by atoms with Crippen molar-refractivity contribution in [3.8, 4) is 0 Å². The van der Waals surface area contributed by atoms with Crippen molar-refractivity contribution in [2.75, 3.05) is 0 Å². The van der Waals surface area contributed by atoms with Gasteiger partial charge in [-0.05, 0) is 45.4 Å². The standard InChI is InChI=1S/C17H21Cl/c1-11(2)16-14(10-18)9-13-7-5-6-8-15(13)17(16)12(3)4/h5-9,11-12H,10H2,1-4H3. The molecular formula is C17H21Cl. The van der Waals surface area contributed by atoms with Gasteiger partial charge in [-0.15, -0.1) is 11.6 Å². The van der Waals surface area contributed by atoms with Gasteiger partial charge in [0.15, 0.2) is 0 Å². The third-order valence-corrected chi connectivity index (χ3v) is 3.80. The molecule has 96 valence electrons. The van der Waals surface area contributed by atoms with Crippen LogP contribution in [0.4, 0.5) is 0 Å². The van der Waals surface area contributed by atoms with Gasteiger partial charge in [-0.1, -0.05) is 52.0 Å². The Bertz CT molecular complexity index is 553. The Morgan fingerprint density at radius 3 is 2.11 bits per heavy atom. The van der Waals surface area contributed by atoms with Gasteiger partial charge >= 0.3 is 0 Å². The van der Waals surface area contributed by atoms with Crippen molar-refractivity contribution >= 4 is 22.4 Å². The minimum atomic E-state index is 0.515. The summed E-state index contributed by atoms with van der Waals surface area (Å²) >= 11 is 6.15. The first-order chi connectivity index (χ1) is 8.56. The van der Waals surface area contributed by atoms with Crippen molar-refractivity contribution in [1.29, 1.82) is 0 Å². The maximum Gasteiger partial charge on any atom is 0.0477 e. The summed E-state index contributed by atoms with van der Waals surface area (Å²) in [6.45, 7) is 9.05. The molecule has 0 unspecified atom stereocenters. The summed E-state index contributed by atoms with van der Waals surface area (Å²) in [5.74, 6) is 1.63. The average molecular weight is 261 g/mol. The normalized spacial score (nSPS) is 11.7. The van der Waals surface area contributed by atoms with Gasteiger partial charge < -0.3 is 0 Å². The maximum atomic E-state index is 6.15. The van der Waals surface area contributed by atoms with E-state index in [9.17, 15) is 0 Å². The fraction of sp³-hybridized carbons (Fsp3) is 0.412. The molecule has 0 N–H and O–H groups in total. The lowest BCUT2D eigenvalue weighted by molar-refractivity contribution is 0.789. The van der Waals surface area contributed by atoms with Crippen molar-refractivity contribution in [2.24, 2.45) is 0 Å². The second-order valence-corrected chi connectivity index (χ2v) is 5.79. The first-order valence-electron chi connectivity index (χ1n) is 6.66. The van der Waals surface area contributed by atoms with E-state index in [1.807, 2.05) is 0 Å². The van der Waals surface area contributed by atoms with Crippen LogP contribution in [-0.4, -0.2) is 0 Å². The molecule has 0 bridgehead atoms. The molecule has 2 aromatic carbocycles. The van der Waals surface area contributed by atoms with Crippen LogP contribution in [0.3, 0.4) is 0 Å². The van der Waals surface area contributed by atoms with E-state index in [0.717, 1.165) is 0 Å². The van der Waals surface area contributed by atoms with Gasteiger partial charge in [0.1, 0.15) is 0 Å². The molecule has 0 saturated carbocycles. The van der Waals surface area contributed by atoms with Crippen LogP contribution in [0.1, 0.15) is 56.2 Å². The zero-order valence-electron chi connectivity index (χ0n) is 11.6. The Morgan fingerprint density at radius 1 is 0.944 bits per heavy atom. The molecule has 0 fully saturated rings. The highest BCUT2D eigenvalue weighted by atomic mass is 35.5. The molecule has 0 aliphatic rings. The Morgan fingerprint density at radius 2 is 1.56 bits per heavy atom. The summed E-state index contributed by atoms with van der Waals surface area (Å²) in [6, 6.07) is 10.9. The molecule has 0 atom stereocenters. The Kier molecular flexibility index (Phi) is 3.97. The predicted octanol–water partition coefficient (Wildman–Crippen LogP) is 5.83. The predicted molar refractivity (Wildman–Crippen MR) is 81.7 cm³/mol. The zero-order chi connectivity index (χ0) is 13.3. The number of hydrogen-bond donors (Lipinski definition) is 0. The second-order valence-electron chi connectivity index (χ2n) is 5.53. The van der Waals surface area contributed by atoms with E-state index in [1.165, 1.54) is 27.5 Å². The average Bonchev–Trinajstić information content (AvgIpc) is 2.35. The molecule has 2 rings (SSSR count). The molecule has 0 aliphatic heterocycles. The lowest BCUT2D eigenvalue weighted by atomic mass is 9.83. The molecule has 0 aromatic heterocycles. The summed E-state index contributed by atoms with van der Waals surface area (Å²) in [5, 5.41) is 2.69. The van der Waals surface area contributed by atoms with Crippen LogP contribution in [0.5, 0.6) is 0 Å². The number of hydrogen-bond acceptors (Lipinski definition) is 0. The van der Waals surface area contributed by atoms with Crippen molar-refractivity contribution in [2.45, 2.75) is 45.4 Å². The van der Waals surface area contributed by atoms with Crippen molar-refractivity contribution in [1.82, 2.24) is 0 Å². The molecular weight excluding hydrogens is 240 g/mol. The van der Waals surface area contributed by atoms with Crippen LogP contribution in [0.15, 0.2) is 30.3 Å². The smallest absolute Gasteiger partial charge is 0.0477 e. The van der Waals surface area contributed by atoms with E-state index in [4.69, 9.17) is 11.6 Å². The second kappa shape index (κ2) is 5.32. The fourth-order valence-electron chi connectivity index (χ4n) is 2.87. The van der Waals surface area contributed by atoms with E-state index in [2.05, 4.69) is 58.0 Å². The van der Waals surface area contributed by atoms with Crippen molar-refractivity contribution in [3.63, 3.8) is 0 Å². The third-order valence-electron chi connectivity index (χ3n) is 3.52. The van der Waals surface area contributed by atoms with Crippen LogP contribution in [0.25, 0.3) is 10.8 Å². The lowest BCUT2D eigenvalue weighted by Crippen LogP contribution is -2.04. The molecule has 1 heteroatoms. The molecule has 0 heterocycles. The molecule has 0 saturated heterocycles. The zero-order valence-corrected chi connectivity index (χ0v) is 12.4. The van der Waals surface area contributed by atoms with Crippen LogP contribution >= 0.6 is 11.6 Å². The first-order valence-corrected chi connectivity index (χ1v) is 7.20. The summed E-state index contributed by atoms with van der Waals surface area (Å²) in [5.41, 5.74) is 4.20. The van der Waals surface area contributed by atoms with Gasteiger partial charge in [0.05, 0.1) is 0 Å². The van der Waals surface area contributed by atoms with Gasteiger partial charge in [0, 0.05) is 5.88 Å². The number of fused-ring (bicyclic) bond motifs is 1. The van der Waals surface area contributed by atoms with Gasteiger partial charge in [-0.25, -0.2) is 0 Å². The van der Waals surface area contributed by atoms with E-state index < -0.39 is 0 Å². The van der Waals surface area contributed by atoms with Crippen LogP contribution in [0, 0.1) is 0 Å². The molecule has 0 spiro atoms. The molecule has 0 amide bonds. The molecule has 0 aliphatic carbocycles. The number of rotatable bonds is 3. The van der Waals surface area contributed by atoms with Gasteiger partial charge in [-0.3, -0.25) is 0 Å². The Labute approximate surface area is 115 Å². The SMILES string of the molecule is CC(C)c1c(CCl)cc2ccccc2c1C(C)C. The highest BCUT2D eigenvalue weighted by Crippen LogP contribution is 2.36. The first kappa shape index (κ1) is 13.4. The highest BCUT2D eigenvalue weighted by Gasteiger charge is 2.17. The quantitative estimate of drug-likeness (QED) is 0.610. The monoisotopic (exact) mass is 260 g/mol.